The van der Waals surface area contributed by atoms with Crippen molar-refractivity contribution >= 4 is 11.1 Å². The van der Waals surface area contributed by atoms with Crippen LogP contribution in [0.5, 0.6) is 17.2 Å². The van der Waals surface area contributed by atoms with Gasteiger partial charge in [-0.3, -0.25) is 0 Å². The van der Waals surface area contributed by atoms with Crippen LogP contribution < -0.4 is 43.8 Å². The molecule has 0 amide bonds. The van der Waals surface area contributed by atoms with Crippen LogP contribution in [-0.2, 0) is 11.1 Å². The topological polar surface area (TPSA) is 65.0 Å². The van der Waals surface area contributed by atoms with Crippen LogP contribution in [0.25, 0.3) is 0 Å². The summed E-state index contributed by atoms with van der Waals surface area (Å²) in [4.78, 5) is 0.199. The summed E-state index contributed by atoms with van der Waals surface area (Å²) in [6, 6.07) is 2.86. The maximum absolute atomic E-state index is 10.9. The molecule has 0 aliphatic heterocycles. The summed E-state index contributed by atoms with van der Waals surface area (Å²) in [7, 11) is 4.36. The van der Waals surface area contributed by atoms with E-state index in [-0.39, 0.29) is 34.5 Å². The second-order valence-electron chi connectivity index (χ2n) is 2.61. The second kappa shape index (κ2) is 7.13. The first-order valence-electron chi connectivity index (χ1n) is 4.05. The molecule has 0 spiro atoms. The fraction of sp³-hybridized carbons (Fsp3) is 0.333. The molecular weight excluding hydrogens is 243 g/mol. The smallest absolute Gasteiger partial charge is 0.493 e. The summed E-state index contributed by atoms with van der Waals surface area (Å²) in [5.74, 6) is 1.11. The van der Waals surface area contributed by atoms with E-state index in [2.05, 4.69) is 0 Å². The minimum absolute atomic E-state index is 0. The molecule has 0 fully saturated rings. The Morgan fingerprint density at radius 2 is 1.50 bits per heavy atom. The van der Waals surface area contributed by atoms with Crippen molar-refractivity contribution in [2.45, 2.75) is 4.90 Å². The number of rotatable bonds is 4. The van der Waals surface area contributed by atoms with Gasteiger partial charge in [-0.1, -0.05) is 0 Å². The number of benzene rings is 1. The number of hydrogen-bond donors (Lipinski definition) is 1. The summed E-state index contributed by atoms with van der Waals surface area (Å²) in [6.45, 7) is 0. The van der Waals surface area contributed by atoms with E-state index >= 15 is 0 Å². The van der Waals surface area contributed by atoms with E-state index in [4.69, 9.17) is 18.8 Å². The molecule has 0 radical (unpaired) electrons. The molecule has 0 saturated carbocycles. The summed E-state index contributed by atoms with van der Waals surface area (Å²) in [5, 5.41) is 0. The van der Waals surface area contributed by atoms with Crippen LogP contribution in [0, 0.1) is 0 Å². The average molecular weight is 255 g/mol. The summed E-state index contributed by atoms with van der Waals surface area (Å²) >= 11 is -2.08. The fourth-order valence-electron chi connectivity index (χ4n) is 1.16. The second-order valence-corrected chi connectivity index (χ2v) is 3.58. The Morgan fingerprint density at radius 3 is 1.75 bits per heavy atom. The van der Waals surface area contributed by atoms with E-state index in [0.717, 1.165) is 0 Å². The molecule has 1 rings (SSSR count). The maximum Gasteiger partial charge on any atom is 1.00 e. The molecule has 1 aromatic rings. The van der Waals surface area contributed by atoms with Crippen LogP contribution in [0.4, 0.5) is 0 Å². The molecule has 1 aromatic carbocycles. The Bertz CT molecular complexity index is 357. The Balaban J connectivity index is 0.00000225. The monoisotopic (exact) mass is 255 g/mol. The van der Waals surface area contributed by atoms with Crippen molar-refractivity contribution in [2.75, 3.05) is 21.3 Å². The van der Waals surface area contributed by atoms with Gasteiger partial charge < -0.3 is 18.8 Å². The molecule has 0 aliphatic carbocycles. The van der Waals surface area contributed by atoms with Crippen LogP contribution in [0.3, 0.4) is 0 Å². The third-order valence-corrected chi connectivity index (χ3v) is 2.48. The first-order chi connectivity index (χ1) is 7.13. The average Bonchev–Trinajstić information content (AvgIpc) is 2.26. The van der Waals surface area contributed by atoms with Gasteiger partial charge in [0.15, 0.2) is 22.6 Å². The van der Waals surface area contributed by atoms with Crippen molar-refractivity contribution in [3.63, 3.8) is 0 Å². The Kier molecular flexibility index (Phi) is 7.01. The molecule has 7 heteroatoms. The van der Waals surface area contributed by atoms with Crippen molar-refractivity contribution in [3.05, 3.63) is 12.1 Å². The van der Waals surface area contributed by atoms with Crippen molar-refractivity contribution in [1.82, 2.24) is 0 Å². The van der Waals surface area contributed by atoms with E-state index in [1.54, 1.807) is 0 Å². The van der Waals surface area contributed by atoms with Gasteiger partial charge in [0.2, 0.25) is 5.75 Å². The van der Waals surface area contributed by atoms with E-state index < -0.39 is 11.1 Å². The molecule has 0 saturated heterocycles. The van der Waals surface area contributed by atoms with Crippen LogP contribution in [0.2, 0.25) is 0 Å². The molecule has 0 bridgehead atoms. The Labute approximate surface area is 119 Å². The van der Waals surface area contributed by atoms with Crippen LogP contribution >= 0.6 is 0 Å². The standard InChI is InChI=1S/C9H12O5S.Na/c1-12-7-4-6(15(10)11)5-8(13-2)9(7)14-3;/h4-5H,1-3H3,(H,10,11);/q;+1. The third-order valence-electron chi connectivity index (χ3n) is 1.84. The minimum atomic E-state index is -2.08. The van der Waals surface area contributed by atoms with Crippen molar-refractivity contribution in [2.24, 2.45) is 0 Å². The van der Waals surface area contributed by atoms with Crippen LogP contribution in [0.15, 0.2) is 17.0 Å². The fourth-order valence-corrected chi connectivity index (χ4v) is 1.57. The van der Waals surface area contributed by atoms with E-state index in [9.17, 15) is 4.21 Å². The summed E-state index contributed by atoms with van der Waals surface area (Å²) in [5.41, 5.74) is 0. The van der Waals surface area contributed by atoms with Gasteiger partial charge in [0.25, 0.3) is 0 Å². The molecule has 84 valence electrons. The molecule has 16 heavy (non-hydrogen) atoms. The Morgan fingerprint density at radius 1 is 1.06 bits per heavy atom. The van der Waals surface area contributed by atoms with Gasteiger partial charge in [-0.25, -0.2) is 4.21 Å². The normalized spacial score (nSPS) is 11.2. The van der Waals surface area contributed by atoms with Gasteiger partial charge in [0.1, 0.15) is 0 Å². The largest absolute Gasteiger partial charge is 1.00 e. The van der Waals surface area contributed by atoms with Crippen molar-refractivity contribution < 1.29 is 52.5 Å². The van der Waals surface area contributed by atoms with Gasteiger partial charge in [-0.05, 0) is 0 Å². The van der Waals surface area contributed by atoms with Gasteiger partial charge in [-0.2, -0.15) is 0 Å². The summed E-state index contributed by atoms with van der Waals surface area (Å²) < 4.78 is 34.9. The van der Waals surface area contributed by atoms with Crippen molar-refractivity contribution in [3.8, 4) is 17.2 Å². The number of hydrogen-bond acceptors (Lipinski definition) is 4. The maximum atomic E-state index is 10.9. The van der Waals surface area contributed by atoms with Gasteiger partial charge in [-0.15, -0.1) is 0 Å². The molecular formula is C9H12NaO5S+. The summed E-state index contributed by atoms with van der Waals surface area (Å²) in [6.07, 6.45) is 0. The van der Waals surface area contributed by atoms with Crippen LogP contribution in [-0.4, -0.2) is 30.1 Å². The molecule has 1 N–H and O–H groups in total. The zero-order valence-corrected chi connectivity index (χ0v) is 12.5. The van der Waals surface area contributed by atoms with E-state index in [0.29, 0.717) is 17.2 Å². The van der Waals surface area contributed by atoms with Gasteiger partial charge >= 0.3 is 29.6 Å². The van der Waals surface area contributed by atoms with E-state index in [1.807, 2.05) is 0 Å². The predicted octanol–water partition coefficient (Wildman–Crippen LogP) is -1.70. The Hall–Kier alpha value is -0.270. The van der Waals surface area contributed by atoms with Crippen molar-refractivity contribution in [1.29, 1.82) is 0 Å². The zero-order chi connectivity index (χ0) is 11.4. The quantitative estimate of drug-likeness (QED) is 0.513. The predicted molar refractivity (Wildman–Crippen MR) is 55.1 cm³/mol. The molecule has 0 heterocycles. The third kappa shape index (κ3) is 3.36. The molecule has 1 atom stereocenters. The SMILES string of the molecule is COc1cc(S(=O)O)cc(OC)c1OC.[Na+]. The molecule has 0 aliphatic rings. The van der Waals surface area contributed by atoms with Crippen LogP contribution in [0.1, 0.15) is 0 Å². The number of methoxy groups -OCH3 is 3. The first-order valence-corrected chi connectivity index (χ1v) is 5.15. The molecule has 0 aromatic heterocycles. The minimum Gasteiger partial charge on any atom is -0.493 e. The molecule has 5 nitrogen and oxygen atoms in total. The zero-order valence-electron chi connectivity index (χ0n) is 9.64. The molecule has 1 unspecified atom stereocenters. The van der Waals surface area contributed by atoms with Gasteiger partial charge in [0, 0.05) is 12.1 Å². The van der Waals surface area contributed by atoms with E-state index in [1.165, 1.54) is 33.5 Å². The first kappa shape index (κ1) is 15.7. The van der Waals surface area contributed by atoms with Gasteiger partial charge in [0.05, 0.1) is 26.2 Å². The number of ether oxygens (including phenoxy) is 3.